The Hall–Kier alpha value is -6.28. The number of fused-ring (bicyclic) bond motifs is 1. The summed E-state index contributed by atoms with van der Waals surface area (Å²) in [7, 11) is 0. The predicted molar refractivity (Wildman–Crippen MR) is 196 cm³/mol. The number of rotatable bonds is 6. The van der Waals surface area contributed by atoms with E-state index in [1.54, 1.807) is 0 Å². The number of amidine groups is 1. The van der Waals surface area contributed by atoms with Crippen LogP contribution in [0.15, 0.2) is 175 Å². The number of hydrogen-bond acceptors (Lipinski definition) is 4. The smallest absolute Gasteiger partial charge is 0.131 e. The Labute approximate surface area is 280 Å². The van der Waals surface area contributed by atoms with Crippen LogP contribution in [-0.4, -0.2) is 5.84 Å². The molecule has 4 nitrogen and oxygen atoms in total. The fraction of sp³-hybridized carbons (Fsp3) is 0.0455. The van der Waals surface area contributed by atoms with E-state index >= 15 is 0 Å². The largest absolute Gasteiger partial charge is 0.350 e. The fourth-order valence-electron chi connectivity index (χ4n) is 6.56. The average Bonchev–Trinajstić information content (AvgIpc) is 3.18. The van der Waals surface area contributed by atoms with E-state index in [9.17, 15) is 5.26 Å². The molecular formula is C44H32N4. The van der Waals surface area contributed by atoms with Gasteiger partial charge in [-0.1, -0.05) is 158 Å². The van der Waals surface area contributed by atoms with Gasteiger partial charge in [0.15, 0.2) is 0 Å². The molecule has 0 aliphatic carbocycles. The summed E-state index contributed by atoms with van der Waals surface area (Å²) in [5.74, 6) is 0.872. The van der Waals surface area contributed by atoms with Gasteiger partial charge in [-0.25, -0.2) is 4.99 Å². The highest BCUT2D eigenvalue weighted by Gasteiger charge is 2.25. The van der Waals surface area contributed by atoms with Crippen LogP contribution >= 0.6 is 0 Å². The van der Waals surface area contributed by atoms with E-state index < -0.39 is 0 Å². The molecule has 2 N–H and O–H groups in total. The van der Waals surface area contributed by atoms with E-state index in [1.807, 2.05) is 48.5 Å². The first kappa shape index (κ1) is 29.1. The zero-order chi connectivity index (χ0) is 32.3. The molecule has 0 fully saturated rings. The zero-order valence-corrected chi connectivity index (χ0v) is 26.2. The Kier molecular flexibility index (Phi) is 7.80. The molecule has 7 aromatic rings. The lowest BCUT2D eigenvalue weighted by Crippen LogP contribution is -2.44. The van der Waals surface area contributed by atoms with Crippen LogP contribution in [0, 0.1) is 11.3 Å². The Morgan fingerprint density at radius 2 is 1.19 bits per heavy atom. The molecule has 0 saturated carbocycles. The third-order valence-corrected chi connectivity index (χ3v) is 9.01. The molecule has 1 aliphatic heterocycles. The molecule has 0 radical (unpaired) electrons. The van der Waals surface area contributed by atoms with Crippen LogP contribution in [0.5, 0.6) is 0 Å². The molecule has 2 atom stereocenters. The van der Waals surface area contributed by atoms with E-state index in [-0.39, 0.29) is 12.3 Å². The van der Waals surface area contributed by atoms with E-state index in [4.69, 9.17) is 4.99 Å². The Morgan fingerprint density at radius 1 is 0.521 bits per heavy atom. The topological polar surface area (TPSA) is 60.2 Å². The predicted octanol–water partition coefficient (Wildman–Crippen LogP) is 10.0. The molecule has 1 heterocycles. The minimum Gasteiger partial charge on any atom is -0.350 e. The van der Waals surface area contributed by atoms with Crippen molar-refractivity contribution in [2.45, 2.75) is 12.3 Å². The number of hydrogen-bond donors (Lipinski definition) is 2. The first-order valence-electron chi connectivity index (χ1n) is 16.2. The summed E-state index contributed by atoms with van der Waals surface area (Å²) in [5, 5.41) is 19.1. The number of nitrogens with zero attached hydrogens (tertiary/aromatic N) is 2. The van der Waals surface area contributed by atoms with Crippen molar-refractivity contribution >= 4 is 16.6 Å². The van der Waals surface area contributed by atoms with Crippen LogP contribution in [0.4, 0.5) is 0 Å². The molecule has 228 valence electrons. The van der Waals surface area contributed by atoms with Crippen molar-refractivity contribution in [3.63, 3.8) is 0 Å². The molecule has 2 unspecified atom stereocenters. The minimum absolute atomic E-state index is 0.0846. The molecule has 1 aliphatic rings. The maximum Gasteiger partial charge on any atom is 0.131 e. The third-order valence-electron chi connectivity index (χ3n) is 9.01. The minimum atomic E-state index is -0.222. The van der Waals surface area contributed by atoms with Crippen molar-refractivity contribution in [2.24, 2.45) is 4.99 Å². The first-order valence-corrected chi connectivity index (χ1v) is 16.2. The Bertz CT molecular complexity index is 2280. The molecule has 7 aromatic carbocycles. The highest BCUT2D eigenvalue weighted by Crippen LogP contribution is 2.39. The second-order valence-electron chi connectivity index (χ2n) is 12.0. The van der Waals surface area contributed by atoms with Crippen LogP contribution in [0.3, 0.4) is 0 Å². The maximum absolute atomic E-state index is 9.37. The molecule has 0 bridgehead atoms. The van der Waals surface area contributed by atoms with Crippen LogP contribution in [0.25, 0.3) is 44.2 Å². The summed E-state index contributed by atoms with van der Waals surface area (Å²) in [6.07, 6.45) is -0.307. The second kappa shape index (κ2) is 12.8. The lowest BCUT2D eigenvalue weighted by molar-refractivity contribution is 0.409. The van der Waals surface area contributed by atoms with E-state index in [0.717, 1.165) is 44.8 Å². The quantitative estimate of drug-likeness (QED) is 0.195. The molecule has 8 rings (SSSR count). The van der Waals surface area contributed by atoms with Crippen molar-refractivity contribution in [2.75, 3.05) is 0 Å². The molecular weight excluding hydrogens is 585 g/mol. The van der Waals surface area contributed by atoms with Gasteiger partial charge < -0.3 is 5.32 Å². The van der Waals surface area contributed by atoms with Gasteiger partial charge in [0, 0.05) is 5.56 Å². The van der Waals surface area contributed by atoms with Crippen LogP contribution < -0.4 is 10.6 Å². The molecule has 0 spiro atoms. The van der Waals surface area contributed by atoms with Crippen molar-refractivity contribution in [3.8, 4) is 39.4 Å². The van der Waals surface area contributed by atoms with Crippen molar-refractivity contribution in [3.05, 3.63) is 192 Å². The highest BCUT2D eigenvalue weighted by atomic mass is 15.3. The number of nitrogens with one attached hydrogen (secondary N) is 2. The van der Waals surface area contributed by atoms with E-state index in [1.165, 1.54) is 21.9 Å². The SMILES string of the molecule is N#Cc1cccc(-c2ccc(-c3ccc4ccccc4c3-c3ccc(C4N=C(c5ccccc5)NC(c5ccccc5)N4)cc3)cc2)c1. The number of aliphatic imine (C=N–C) groups is 1. The van der Waals surface area contributed by atoms with Crippen LogP contribution in [0.2, 0.25) is 0 Å². The Balaban J connectivity index is 1.17. The van der Waals surface area contributed by atoms with Gasteiger partial charge >= 0.3 is 0 Å². The molecule has 0 aromatic heterocycles. The second-order valence-corrected chi connectivity index (χ2v) is 12.0. The Morgan fingerprint density at radius 3 is 1.96 bits per heavy atom. The summed E-state index contributed by atoms with van der Waals surface area (Å²) in [6, 6.07) is 61.2. The van der Waals surface area contributed by atoms with Gasteiger partial charge in [-0.3, -0.25) is 5.32 Å². The molecule has 0 saturated heterocycles. The summed E-state index contributed by atoms with van der Waals surface area (Å²) in [4.78, 5) is 5.14. The lowest BCUT2D eigenvalue weighted by Gasteiger charge is -2.32. The third kappa shape index (κ3) is 5.76. The van der Waals surface area contributed by atoms with Crippen LogP contribution in [-0.2, 0) is 0 Å². The van der Waals surface area contributed by atoms with Gasteiger partial charge in [-0.05, 0) is 67.4 Å². The standard InChI is InChI=1S/C44H32N4/c45-29-30-10-9-16-38(28-30)31-18-20-33(21-19-31)40-27-26-32-11-7-8-17-39(32)41(40)34-22-24-37(25-23-34)44-47-42(35-12-3-1-4-13-35)46-43(48-44)36-14-5-2-6-15-36/h1-28,42,44,47H,(H,46,48). The van der Waals surface area contributed by atoms with Gasteiger partial charge in [0.25, 0.3) is 0 Å². The van der Waals surface area contributed by atoms with E-state index in [2.05, 4.69) is 138 Å². The summed E-state index contributed by atoms with van der Waals surface area (Å²) < 4.78 is 0. The van der Waals surface area contributed by atoms with Gasteiger partial charge in [0.2, 0.25) is 0 Å². The van der Waals surface area contributed by atoms with Gasteiger partial charge in [0.05, 0.1) is 11.6 Å². The number of benzene rings is 7. The van der Waals surface area contributed by atoms with Crippen molar-refractivity contribution in [1.29, 1.82) is 5.26 Å². The van der Waals surface area contributed by atoms with Gasteiger partial charge in [-0.15, -0.1) is 0 Å². The summed E-state index contributed by atoms with van der Waals surface area (Å²) in [6.45, 7) is 0. The lowest BCUT2D eigenvalue weighted by atomic mass is 9.88. The average molecular weight is 617 g/mol. The molecule has 4 heteroatoms. The van der Waals surface area contributed by atoms with E-state index in [0.29, 0.717) is 5.56 Å². The zero-order valence-electron chi connectivity index (χ0n) is 26.2. The monoisotopic (exact) mass is 616 g/mol. The summed E-state index contributed by atoms with van der Waals surface area (Å²) in [5.41, 5.74) is 10.8. The first-order chi connectivity index (χ1) is 23.7. The molecule has 0 amide bonds. The van der Waals surface area contributed by atoms with Crippen molar-refractivity contribution < 1.29 is 0 Å². The fourth-order valence-corrected chi connectivity index (χ4v) is 6.56. The summed E-state index contributed by atoms with van der Waals surface area (Å²) >= 11 is 0. The van der Waals surface area contributed by atoms with Crippen LogP contribution in [0.1, 0.15) is 34.6 Å². The maximum atomic E-state index is 9.37. The number of nitriles is 1. The normalized spacial score (nSPS) is 15.7. The highest BCUT2D eigenvalue weighted by molar-refractivity contribution is 6.04. The van der Waals surface area contributed by atoms with Crippen molar-refractivity contribution in [1.82, 2.24) is 10.6 Å². The van der Waals surface area contributed by atoms with Gasteiger partial charge in [0.1, 0.15) is 18.2 Å². The van der Waals surface area contributed by atoms with Gasteiger partial charge in [-0.2, -0.15) is 5.26 Å². The molecule has 48 heavy (non-hydrogen) atoms.